The molecule has 5 nitrogen and oxygen atoms in total. The van der Waals surface area contributed by atoms with Gasteiger partial charge < -0.3 is 16.0 Å². The summed E-state index contributed by atoms with van der Waals surface area (Å²) < 4.78 is 53.2. The first-order chi connectivity index (χ1) is 13.6. The number of carbonyl (C=O) groups excluding carboxylic acids is 1. The highest BCUT2D eigenvalue weighted by Gasteiger charge is 2.37. The van der Waals surface area contributed by atoms with Crippen molar-refractivity contribution < 1.29 is 22.4 Å². The molecule has 0 saturated carbocycles. The quantitative estimate of drug-likeness (QED) is 0.752. The molecule has 0 bridgehead atoms. The highest BCUT2D eigenvalue weighted by molar-refractivity contribution is 5.95. The van der Waals surface area contributed by atoms with Gasteiger partial charge in [0, 0.05) is 24.4 Å². The van der Waals surface area contributed by atoms with Crippen LogP contribution in [0.1, 0.15) is 35.0 Å². The molecule has 29 heavy (non-hydrogen) atoms. The zero-order chi connectivity index (χ0) is 21.3. The third-order valence-electron chi connectivity index (χ3n) is 4.83. The number of nitrogens with zero attached hydrogens (tertiary/aromatic N) is 2. The molecule has 1 aromatic carbocycles. The molecule has 0 aliphatic carbocycles. The van der Waals surface area contributed by atoms with Crippen molar-refractivity contribution in [2.75, 3.05) is 11.9 Å². The molecule has 3 N–H and O–H groups in total. The van der Waals surface area contributed by atoms with Crippen LogP contribution in [0.15, 0.2) is 47.8 Å². The molecule has 2 heterocycles. The normalized spacial score (nSPS) is 17.4. The summed E-state index contributed by atoms with van der Waals surface area (Å²) in [5, 5.41) is 3.12. The molecular formula is C20H20F4N4O. The van der Waals surface area contributed by atoms with Gasteiger partial charge in [-0.3, -0.25) is 4.79 Å². The van der Waals surface area contributed by atoms with Crippen LogP contribution in [0.25, 0.3) is 0 Å². The van der Waals surface area contributed by atoms with Crippen LogP contribution in [0, 0.1) is 12.7 Å². The van der Waals surface area contributed by atoms with Crippen LogP contribution in [0.3, 0.4) is 0 Å². The number of benzene rings is 1. The Hall–Kier alpha value is -3.10. The molecule has 3 rings (SSSR count). The Balaban J connectivity index is 1.85. The minimum absolute atomic E-state index is 0.171. The number of alkyl halides is 3. The number of aromatic nitrogens is 1. The van der Waals surface area contributed by atoms with Gasteiger partial charge in [0.15, 0.2) is 0 Å². The highest BCUT2D eigenvalue weighted by atomic mass is 19.4. The van der Waals surface area contributed by atoms with E-state index in [-0.39, 0.29) is 6.54 Å². The van der Waals surface area contributed by atoms with Gasteiger partial charge >= 0.3 is 6.18 Å². The fourth-order valence-electron chi connectivity index (χ4n) is 3.24. The Morgan fingerprint density at radius 1 is 1.24 bits per heavy atom. The second kappa shape index (κ2) is 7.73. The summed E-state index contributed by atoms with van der Waals surface area (Å²) in [5.74, 6) is -1.82. The summed E-state index contributed by atoms with van der Waals surface area (Å²) in [5.41, 5.74) is 5.91. The van der Waals surface area contributed by atoms with E-state index in [1.807, 2.05) is 19.1 Å². The molecule has 1 aromatic heterocycles. The van der Waals surface area contributed by atoms with Gasteiger partial charge in [-0.05, 0) is 38.1 Å². The Kier molecular flexibility index (Phi) is 5.50. The van der Waals surface area contributed by atoms with Crippen LogP contribution in [0.5, 0.6) is 0 Å². The number of aryl methyl sites for hydroxylation is 1. The molecule has 0 fully saturated rings. The molecule has 2 aromatic rings. The van der Waals surface area contributed by atoms with Gasteiger partial charge in [-0.25, -0.2) is 9.37 Å². The number of hydrogen-bond acceptors (Lipinski definition) is 4. The number of anilines is 1. The van der Waals surface area contributed by atoms with Crippen molar-refractivity contribution in [1.82, 2.24) is 9.88 Å². The zero-order valence-corrected chi connectivity index (χ0v) is 15.8. The Morgan fingerprint density at radius 3 is 2.59 bits per heavy atom. The smallest absolute Gasteiger partial charge is 0.399 e. The number of amides is 1. The molecule has 1 aliphatic heterocycles. The third kappa shape index (κ3) is 4.18. The minimum atomic E-state index is -4.88. The maximum absolute atomic E-state index is 14.4. The maximum atomic E-state index is 14.4. The second-order valence-electron chi connectivity index (χ2n) is 6.81. The number of pyridine rings is 1. The van der Waals surface area contributed by atoms with E-state index in [0.717, 1.165) is 17.8 Å². The fraction of sp³-hybridized carbons (Fsp3) is 0.300. The van der Waals surface area contributed by atoms with E-state index in [0.29, 0.717) is 29.7 Å². The van der Waals surface area contributed by atoms with Gasteiger partial charge in [0.1, 0.15) is 11.6 Å². The van der Waals surface area contributed by atoms with Crippen molar-refractivity contribution >= 4 is 11.7 Å². The molecule has 1 atom stereocenters. The second-order valence-corrected chi connectivity index (χ2v) is 6.81. The van der Waals surface area contributed by atoms with Crippen LogP contribution in [0.4, 0.5) is 23.4 Å². The standard InChI is InChI=1S/C20H20F4N4O/c1-11-5-3-8-16(26-11)27-15-9-10-28(12(2)18(15)25)19(29)13-6-4-7-14(17(13)21)20(22,23)24/h3-8,12H,9-10,25H2,1-2H3,(H,26,27). The SMILES string of the molecule is Cc1cccc(NC2=C(N)C(C)N(C(=O)c3cccc(C(F)(F)F)c3F)CC2)n1. The van der Waals surface area contributed by atoms with Gasteiger partial charge in [-0.15, -0.1) is 0 Å². The van der Waals surface area contributed by atoms with E-state index in [2.05, 4.69) is 10.3 Å². The zero-order valence-electron chi connectivity index (χ0n) is 15.8. The molecule has 0 saturated heterocycles. The van der Waals surface area contributed by atoms with Crippen molar-refractivity contribution in [3.8, 4) is 0 Å². The van der Waals surface area contributed by atoms with E-state index in [9.17, 15) is 22.4 Å². The van der Waals surface area contributed by atoms with Gasteiger partial charge in [-0.1, -0.05) is 12.1 Å². The first kappa shape index (κ1) is 20.6. The van der Waals surface area contributed by atoms with Crippen LogP contribution >= 0.6 is 0 Å². The lowest BCUT2D eigenvalue weighted by molar-refractivity contribution is -0.140. The molecule has 154 valence electrons. The number of rotatable bonds is 3. The van der Waals surface area contributed by atoms with E-state index >= 15 is 0 Å². The van der Waals surface area contributed by atoms with Crippen LogP contribution in [-0.4, -0.2) is 28.4 Å². The summed E-state index contributed by atoms with van der Waals surface area (Å²) in [6, 6.07) is 7.49. The number of nitrogens with one attached hydrogen (secondary N) is 1. The first-order valence-electron chi connectivity index (χ1n) is 8.95. The molecule has 9 heteroatoms. The summed E-state index contributed by atoms with van der Waals surface area (Å²) in [6.45, 7) is 3.66. The van der Waals surface area contributed by atoms with Gasteiger partial charge in [0.05, 0.1) is 22.9 Å². The number of nitrogens with two attached hydrogens (primary N) is 1. The summed E-state index contributed by atoms with van der Waals surface area (Å²) in [4.78, 5) is 18.4. The lowest BCUT2D eigenvalue weighted by atomic mass is 10.0. The summed E-state index contributed by atoms with van der Waals surface area (Å²) in [6.07, 6.45) is -4.55. The lowest BCUT2D eigenvalue weighted by Gasteiger charge is -2.35. The summed E-state index contributed by atoms with van der Waals surface area (Å²) in [7, 11) is 0. The summed E-state index contributed by atoms with van der Waals surface area (Å²) >= 11 is 0. The average molecular weight is 408 g/mol. The third-order valence-corrected chi connectivity index (χ3v) is 4.83. The topological polar surface area (TPSA) is 71.2 Å². The number of halogens is 4. The predicted octanol–water partition coefficient (Wildman–Crippen LogP) is 4.06. The number of hydrogen-bond donors (Lipinski definition) is 2. The Morgan fingerprint density at radius 2 is 1.93 bits per heavy atom. The highest BCUT2D eigenvalue weighted by Crippen LogP contribution is 2.33. The van der Waals surface area contributed by atoms with E-state index in [4.69, 9.17) is 5.73 Å². The lowest BCUT2D eigenvalue weighted by Crippen LogP contribution is -2.46. The first-order valence-corrected chi connectivity index (χ1v) is 8.95. The van der Waals surface area contributed by atoms with Crippen LogP contribution in [0.2, 0.25) is 0 Å². The van der Waals surface area contributed by atoms with Crippen molar-refractivity contribution in [2.45, 2.75) is 32.5 Å². The Labute approximate surface area is 165 Å². The molecule has 1 aliphatic rings. The largest absolute Gasteiger partial charge is 0.419 e. The van der Waals surface area contributed by atoms with E-state index < -0.39 is 35.1 Å². The molecule has 0 radical (unpaired) electrons. The van der Waals surface area contributed by atoms with Crippen LogP contribution in [-0.2, 0) is 6.18 Å². The average Bonchev–Trinajstić information content (AvgIpc) is 2.64. The monoisotopic (exact) mass is 408 g/mol. The van der Waals surface area contributed by atoms with E-state index in [1.165, 1.54) is 4.90 Å². The van der Waals surface area contributed by atoms with Gasteiger partial charge in [-0.2, -0.15) is 13.2 Å². The molecule has 0 spiro atoms. The van der Waals surface area contributed by atoms with Crippen molar-refractivity contribution in [1.29, 1.82) is 0 Å². The fourth-order valence-corrected chi connectivity index (χ4v) is 3.24. The molecule has 1 unspecified atom stereocenters. The van der Waals surface area contributed by atoms with Gasteiger partial charge in [0.25, 0.3) is 5.91 Å². The van der Waals surface area contributed by atoms with Crippen molar-refractivity contribution in [3.63, 3.8) is 0 Å². The van der Waals surface area contributed by atoms with E-state index in [1.54, 1.807) is 13.0 Å². The predicted molar refractivity (Wildman–Crippen MR) is 100 cm³/mol. The van der Waals surface area contributed by atoms with Gasteiger partial charge in [0.2, 0.25) is 0 Å². The molecular weight excluding hydrogens is 388 g/mol. The van der Waals surface area contributed by atoms with Crippen molar-refractivity contribution in [3.05, 3.63) is 70.4 Å². The number of carbonyl (C=O) groups is 1. The Bertz CT molecular complexity index is 971. The maximum Gasteiger partial charge on any atom is 0.419 e. The molecule has 1 amide bonds. The van der Waals surface area contributed by atoms with Crippen LogP contribution < -0.4 is 11.1 Å². The minimum Gasteiger partial charge on any atom is -0.399 e. The van der Waals surface area contributed by atoms with Crippen molar-refractivity contribution in [2.24, 2.45) is 5.73 Å².